The molecule has 5 nitrogen and oxygen atoms in total. The second kappa shape index (κ2) is 7.59. The molecule has 1 atom stereocenters. The number of nitrogens with one attached hydrogen (secondary N) is 1. The van der Waals surface area contributed by atoms with Crippen molar-refractivity contribution in [3.63, 3.8) is 0 Å². The van der Waals surface area contributed by atoms with Gasteiger partial charge in [0, 0.05) is 19.2 Å². The zero-order chi connectivity index (χ0) is 19.7. The number of benzene rings is 2. The van der Waals surface area contributed by atoms with Crippen molar-refractivity contribution < 1.29 is 28.2 Å². The summed E-state index contributed by atoms with van der Waals surface area (Å²) in [5, 5.41) is 9.08. The van der Waals surface area contributed by atoms with Gasteiger partial charge in [-0.05, 0) is 36.6 Å². The minimum Gasteiger partial charge on any atom is -0.493 e. The van der Waals surface area contributed by atoms with Gasteiger partial charge in [-0.1, -0.05) is 12.1 Å². The molecule has 0 radical (unpaired) electrons. The van der Waals surface area contributed by atoms with E-state index in [1.165, 1.54) is 0 Å². The number of hydrogen-bond donors (Lipinski definition) is 2. The first-order valence-electron chi connectivity index (χ1n) is 9.12. The third-order valence-corrected chi connectivity index (χ3v) is 4.97. The van der Waals surface area contributed by atoms with Gasteiger partial charge in [0.05, 0.1) is 34.7 Å². The van der Waals surface area contributed by atoms with Crippen LogP contribution in [0.25, 0.3) is 22.0 Å². The van der Waals surface area contributed by atoms with Gasteiger partial charge in [-0.3, -0.25) is 0 Å². The second-order valence-corrected chi connectivity index (χ2v) is 6.77. The zero-order valence-corrected chi connectivity index (χ0v) is 15.0. The standard InChI is InChI=1S/C21H19F2NO4/c22-16-10-17-19(15(11-24-17)21(25)26)20(23)18(16)12-3-5-14(6-4-12)28-9-7-13-2-1-8-27-13/h3-6,10-11,13,24H,1-2,7-9H2,(H,25,26). The number of aromatic amines is 1. The smallest absolute Gasteiger partial charge is 0.337 e. The molecule has 0 spiro atoms. The molecule has 146 valence electrons. The summed E-state index contributed by atoms with van der Waals surface area (Å²) in [5.74, 6) is -2.36. The van der Waals surface area contributed by atoms with Crippen LogP contribution in [0.4, 0.5) is 8.78 Å². The maximum atomic E-state index is 15.0. The van der Waals surface area contributed by atoms with Gasteiger partial charge in [-0.15, -0.1) is 0 Å². The van der Waals surface area contributed by atoms with Crippen molar-refractivity contribution in [1.82, 2.24) is 4.98 Å². The van der Waals surface area contributed by atoms with Crippen molar-refractivity contribution in [2.45, 2.75) is 25.4 Å². The molecule has 28 heavy (non-hydrogen) atoms. The van der Waals surface area contributed by atoms with Crippen LogP contribution in [0.5, 0.6) is 5.75 Å². The highest BCUT2D eigenvalue weighted by Gasteiger charge is 2.22. The molecule has 2 N–H and O–H groups in total. The maximum Gasteiger partial charge on any atom is 0.337 e. The van der Waals surface area contributed by atoms with Gasteiger partial charge in [-0.2, -0.15) is 0 Å². The van der Waals surface area contributed by atoms with Crippen LogP contribution in [0.1, 0.15) is 29.6 Å². The molecule has 7 heteroatoms. The van der Waals surface area contributed by atoms with E-state index >= 15 is 0 Å². The molecule has 1 fully saturated rings. The van der Waals surface area contributed by atoms with Crippen LogP contribution in [0.2, 0.25) is 0 Å². The number of H-pyrrole nitrogens is 1. The third kappa shape index (κ3) is 3.45. The van der Waals surface area contributed by atoms with Gasteiger partial charge in [-0.25, -0.2) is 13.6 Å². The number of aromatic carboxylic acids is 1. The van der Waals surface area contributed by atoms with Gasteiger partial charge >= 0.3 is 5.97 Å². The van der Waals surface area contributed by atoms with E-state index in [9.17, 15) is 18.7 Å². The van der Waals surface area contributed by atoms with Crippen LogP contribution in [0, 0.1) is 11.6 Å². The number of carbonyl (C=O) groups is 1. The highest BCUT2D eigenvalue weighted by atomic mass is 19.1. The molecular weight excluding hydrogens is 368 g/mol. The van der Waals surface area contributed by atoms with Gasteiger partial charge in [0.25, 0.3) is 0 Å². The maximum absolute atomic E-state index is 15.0. The Balaban J connectivity index is 1.57. The quantitative estimate of drug-likeness (QED) is 0.640. The Bertz CT molecular complexity index is 1010. The predicted octanol–water partition coefficient (Wildman–Crippen LogP) is 4.76. The molecule has 1 aliphatic rings. The van der Waals surface area contributed by atoms with Crippen LogP contribution in [-0.4, -0.2) is 35.4 Å². The van der Waals surface area contributed by atoms with Crippen molar-refractivity contribution in [1.29, 1.82) is 0 Å². The Hall–Kier alpha value is -2.93. The lowest BCUT2D eigenvalue weighted by Crippen LogP contribution is -2.10. The number of ether oxygens (including phenoxy) is 2. The Morgan fingerprint density at radius 3 is 2.75 bits per heavy atom. The lowest BCUT2D eigenvalue weighted by molar-refractivity contribution is 0.0698. The molecule has 1 aromatic heterocycles. The zero-order valence-electron chi connectivity index (χ0n) is 15.0. The van der Waals surface area contributed by atoms with Gasteiger partial charge in [0.15, 0.2) is 0 Å². The van der Waals surface area contributed by atoms with E-state index < -0.39 is 17.6 Å². The molecule has 0 amide bonds. The molecule has 0 bridgehead atoms. The van der Waals surface area contributed by atoms with E-state index in [1.807, 2.05) is 0 Å². The second-order valence-electron chi connectivity index (χ2n) is 6.77. The first-order chi connectivity index (χ1) is 13.5. The Morgan fingerprint density at radius 1 is 1.29 bits per heavy atom. The average molecular weight is 387 g/mol. The topological polar surface area (TPSA) is 71.5 Å². The lowest BCUT2D eigenvalue weighted by atomic mass is 10.0. The van der Waals surface area contributed by atoms with Crippen molar-refractivity contribution in [2.24, 2.45) is 0 Å². The molecule has 0 aliphatic carbocycles. The Labute approximate surface area is 159 Å². The van der Waals surface area contributed by atoms with Crippen molar-refractivity contribution in [3.05, 3.63) is 53.7 Å². The molecule has 1 aliphatic heterocycles. The summed E-state index contributed by atoms with van der Waals surface area (Å²) in [6, 6.07) is 7.50. The van der Waals surface area contributed by atoms with Crippen LogP contribution in [0.15, 0.2) is 36.5 Å². The number of carboxylic acids is 1. The van der Waals surface area contributed by atoms with Gasteiger partial charge in [0.2, 0.25) is 0 Å². The van der Waals surface area contributed by atoms with Crippen LogP contribution < -0.4 is 4.74 Å². The largest absolute Gasteiger partial charge is 0.493 e. The highest BCUT2D eigenvalue weighted by molar-refractivity contribution is 6.04. The van der Waals surface area contributed by atoms with E-state index in [1.54, 1.807) is 24.3 Å². The van der Waals surface area contributed by atoms with Crippen LogP contribution in [0.3, 0.4) is 0 Å². The minimum atomic E-state index is -1.28. The summed E-state index contributed by atoms with van der Waals surface area (Å²) in [4.78, 5) is 13.9. The first-order valence-corrected chi connectivity index (χ1v) is 9.12. The molecule has 1 unspecified atom stereocenters. The summed E-state index contributed by atoms with van der Waals surface area (Å²) >= 11 is 0. The van der Waals surface area contributed by atoms with Crippen molar-refractivity contribution in [3.8, 4) is 16.9 Å². The first kappa shape index (κ1) is 18.4. The Kier molecular flexibility index (Phi) is 5.00. The van der Waals surface area contributed by atoms with E-state index in [4.69, 9.17) is 9.47 Å². The number of halogens is 2. The average Bonchev–Trinajstić information content (AvgIpc) is 3.32. The van der Waals surface area contributed by atoms with E-state index in [2.05, 4.69) is 4.98 Å². The lowest BCUT2D eigenvalue weighted by Gasteiger charge is -2.12. The number of hydrogen-bond acceptors (Lipinski definition) is 3. The fourth-order valence-corrected chi connectivity index (χ4v) is 3.55. The van der Waals surface area contributed by atoms with Gasteiger partial charge < -0.3 is 19.6 Å². The molecule has 3 aromatic rings. The van der Waals surface area contributed by atoms with Crippen molar-refractivity contribution in [2.75, 3.05) is 13.2 Å². The molecule has 4 rings (SSSR count). The van der Waals surface area contributed by atoms with E-state index in [0.717, 1.165) is 38.1 Å². The molecular formula is C21H19F2NO4. The monoisotopic (exact) mass is 387 g/mol. The molecule has 0 saturated carbocycles. The van der Waals surface area contributed by atoms with Crippen LogP contribution >= 0.6 is 0 Å². The molecule has 2 heterocycles. The predicted molar refractivity (Wildman–Crippen MR) is 99.7 cm³/mol. The van der Waals surface area contributed by atoms with E-state index in [0.29, 0.717) is 17.9 Å². The fraction of sp³-hybridized carbons (Fsp3) is 0.286. The number of carboxylic acid groups (broad SMARTS) is 1. The number of aromatic nitrogens is 1. The number of rotatable bonds is 6. The van der Waals surface area contributed by atoms with E-state index in [-0.39, 0.29) is 28.1 Å². The van der Waals surface area contributed by atoms with Crippen molar-refractivity contribution >= 4 is 16.9 Å². The Morgan fingerprint density at radius 2 is 2.07 bits per heavy atom. The number of fused-ring (bicyclic) bond motifs is 1. The minimum absolute atomic E-state index is 0.102. The van der Waals surface area contributed by atoms with Crippen LogP contribution in [-0.2, 0) is 4.74 Å². The summed E-state index contributed by atoms with van der Waals surface area (Å²) in [6.45, 7) is 1.30. The third-order valence-electron chi connectivity index (χ3n) is 4.97. The molecule has 2 aromatic carbocycles. The normalized spacial score (nSPS) is 16.6. The summed E-state index contributed by atoms with van der Waals surface area (Å²) < 4.78 is 40.7. The summed E-state index contributed by atoms with van der Waals surface area (Å²) in [6.07, 6.45) is 4.31. The summed E-state index contributed by atoms with van der Waals surface area (Å²) in [7, 11) is 0. The molecule has 1 saturated heterocycles. The summed E-state index contributed by atoms with van der Waals surface area (Å²) in [5.41, 5.74) is -0.0884. The SMILES string of the molecule is O=C(O)c1c[nH]c2cc(F)c(-c3ccc(OCCC4CCCO4)cc3)c(F)c12. The highest BCUT2D eigenvalue weighted by Crippen LogP contribution is 2.34. The van der Waals surface area contributed by atoms with Gasteiger partial charge in [0.1, 0.15) is 17.4 Å². The fourth-order valence-electron chi connectivity index (χ4n) is 3.55.